The van der Waals surface area contributed by atoms with E-state index in [0.717, 1.165) is 6.54 Å². The average molecular weight is 140 g/mol. The van der Waals surface area contributed by atoms with Crippen LogP contribution in [0, 0.1) is 0 Å². The summed E-state index contributed by atoms with van der Waals surface area (Å²) in [6.45, 7) is 1.01. The van der Waals surface area contributed by atoms with Crippen LogP contribution in [0.15, 0.2) is 0 Å². The van der Waals surface area contributed by atoms with Crippen molar-refractivity contribution in [2.45, 2.75) is 4.71 Å². The highest BCUT2D eigenvalue weighted by atomic mass is 35.5. The fourth-order valence-corrected chi connectivity index (χ4v) is 1.60. The Morgan fingerprint density at radius 2 is 2.71 bits per heavy atom. The molecule has 2 N–H and O–H groups in total. The Balaban J connectivity index is 2.26. The van der Waals surface area contributed by atoms with Gasteiger partial charge in [0.1, 0.15) is 11.3 Å². The van der Waals surface area contributed by atoms with Crippen molar-refractivity contribution in [3.63, 3.8) is 0 Å². The van der Waals surface area contributed by atoms with Crippen molar-refractivity contribution >= 4 is 23.5 Å². The smallest absolute Gasteiger partial charge is 0.148 e. The maximum Gasteiger partial charge on any atom is 0.148 e. The number of hydrogen-bond donors (Lipinski definition) is 2. The van der Waals surface area contributed by atoms with E-state index >= 15 is 0 Å². The molecule has 0 spiro atoms. The number of alkyl halides is 1. The second-order valence-corrected chi connectivity index (χ2v) is 3.41. The number of quaternary nitrogens is 1. The SMILES string of the molecule is C[NH+]1CC(Cl)SN1. The highest BCUT2D eigenvalue weighted by Crippen LogP contribution is 2.09. The summed E-state index contributed by atoms with van der Waals surface area (Å²) in [4.78, 5) is 3.07. The molecule has 42 valence electrons. The van der Waals surface area contributed by atoms with Crippen LogP contribution >= 0.6 is 23.5 Å². The minimum absolute atomic E-state index is 0.264. The number of halogens is 1. The highest BCUT2D eigenvalue weighted by molar-refractivity contribution is 7.99. The maximum atomic E-state index is 5.69. The van der Waals surface area contributed by atoms with Gasteiger partial charge in [-0.15, -0.1) is 16.4 Å². The van der Waals surface area contributed by atoms with E-state index in [1.807, 2.05) is 0 Å². The van der Waals surface area contributed by atoms with Crippen LogP contribution in [0.5, 0.6) is 0 Å². The van der Waals surface area contributed by atoms with Crippen LogP contribution in [0.25, 0.3) is 0 Å². The molecular weight excluding hydrogens is 132 g/mol. The van der Waals surface area contributed by atoms with Gasteiger partial charge in [0.25, 0.3) is 0 Å². The summed E-state index contributed by atoms with van der Waals surface area (Å²) in [7, 11) is 2.05. The number of hydrogen-bond acceptors (Lipinski definition) is 2. The molecule has 0 aromatic rings. The fourth-order valence-electron chi connectivity index (χ4n) is 0.489. The van der Waals surface area contributed by atoms with E-state index in [0.29, 0.717) is 0 Å². The van der Waals surface area contributed by atoms with E-state index in [-0.39, 0.29) is 4.71 Å². The van der Waals surface area contributed by atoms with Crippen LogP contribution in [0.2, 0.25) is 0 Å². The highest BCUT2D eigenvalue weighted by Gasteiger charge is 2.20. The van der Waals surface area contributed by atoms with E-state index in [2.05, 4.69) is 11.9 Å². The Morgan fingerprint density at radius 1 is 2.00 bits per heavy atom. The Labute approximate surface area is 52.3 Å². The first kappa shape index (κ1) is 5.69. The second-order valence-electron chi connectivity index (χ2n) is 1.61. The van der Waals surface area contributed by atoms with E-state index < -0.39 is 0 Å². The minimum atomic E-state index is 0.264. The molecule has 0 aromatic heterocycles. The largest absolute Gasteiger partial charge is 0.248 e. The lowest BCUT2D eigenvalue weighted by atomic mass is 10.7. The standard InChI is InChI=1S/C3H7ClN2S/c1-6-2-3(4)7-5-6/h3,5H,2H2,1H3/p+1. The molecule has 7 heavy (non-hydrogen) atoms. The Bertz CT molecular complexity index is 62.0. The van der Waals surface area contributed by atoms with Crippen molar-refractivity contribution in [3.8, 4) is 0 Å². The second kappa shape index (κ2) is 2.22. The molecule has 1 aliphatic rings. The molecule has 0 amide bonds. The van der Waals surface area contributed by atoms with Gasteiger partial charge in [0, 0.05) is 0 Å². The monoisotopic (exact) mass is 139 g/mol. The molecule has 2 nitrogen and oxygen atoms in total. The first-order valence-corrected chi connectivity index (χ1v) is 3.49. The summed E-state index contributed by atoms with van der Waals surface area (Å²) < 4.78 is 0.264. The molecule has 1 rings (SSSR count). The quantitative estimate of drug-likeness (QED) is 0.339. The van der Waals surface area contributed by atoms with Crippen LogP contribution in [0.1, 0.15) is 0 Å². The van der Waals surface area contributed by atoms with Crippen LogP contribution < -0.4 is 9.84 Å². The molecule has 0 aliphatic carbocycles. The zero-order chi connectivity index (χ0) is 5.28. The van der Waals surface area contributed by atoms with Gasteiger partial charge in [-0.1, -0.05) is 0 Å². The summed E-state index contributed by atoms with van der Waals surface area (Å²) in [6, 6.07) is 0. The van der Waals surface area contributed by atoms with Crippen molar-refractivity contribution < 1.29 is 5.01 Å². The molecule has 0 aromatic carbocycles. The third-order valence-corrected chi connectivity index (χ3v) is 2.14. The zero-order valence-electron chi connectivity index (χ0n) is 4.07. The lowest BCUT2D eigenvalue weighted by molar-refractivity contribution is -0.902. The van der Waals surface area contributed by atoms with Gasteiger partial charge in [-0.25, -0.2) is 5.01 Å². The molecule has 1 fully saturated rings. The third kappa shape index (κ3) is 1.49. The zero-order valence-corrected chi connectivity index (χ0v) is 5.64. The summed E-state index contributed by atoms with van der Waals surface area (Å²) in [5, 5.41) is 1.28. The Hall–Kier alpha value is 0.560. The molecular formula is C3H8ClN2S+. The van der Waals surface area contributed by atoms with Gasteiger partial charge in [0.15, 0.2) is 0 Å². The van der Waals surface area contributed by atoms with Gasteiger partial charge in [0.2, 0.25) is 0 Å². The number of nitrogens with one attached hydrogen (secondary N) is 2. The molecule has 0 saturated carbocycles. The summed E-state index contributed by atoms with van der Waals surface area (Å²) in [5.74, 6) is 0. The molecule has 4 heteroatoms. The first-order valence-electron chi connectivity index (χ1n) is 2.17. The lowest BCUT2D eigenvalue weighted by Gasteiger charge is -1.97. The topological polar surface area (TPSA) is 16.5 Å². The van der Waals surface area contributed by atoms with E-state index in [9.17, 15) is 0 Å². The van der Waals surface area contributed by atoms with Crippen molar-refractivity contribution in [3.05, 3.63) is 0 Å². The van der Waals surface area contributed by atoms with Gasteiger partial charge < -0.3 is 0 Å². The van der Waals surface area contributed by atoms with Crippen molar-refractivity contribution in [2.75, 3.05) is 13.6 Å². The Kier molecular flexibility index (Phi) is 1.80. The van der Waals surface area contributed by atoms with Gasteiger partial charge in [0.05, 0.1) is 7.05 Å². The van der Waals surface area contributed by atoms with Crippen LogP contribution in [-0.4, -0.2) is 18.3 Å². The van der Waals surface area contributed by atoms with Gasteiger partial charge >= 0.3 is 0 Å². The predicted octanol–water partition coefficient (Wildman–Crippen LogP) is -0.768. The fraction of sp³-hybridized carbons (Fsp3) is 1.00. The van der Waals surface area contributed by atoms with Crippen molar-refractivity contribution in [2.24, 2.45) is 0 Å². The third-order valence-electron chi connectivity index (χ3n) is 0.828. The van der Waals surface area contributed by atoms with E-state index in [4.69, 9.17) is 11.6 Å². The lowest BCUT2D eigenvalue weighted by Crippen LogP contribution is -3.12. The molecule has 2 atom stereocenters. The van der Waals surface area contributed by atoms with Crippen molar-refractivity contribution in [1.82, 2.24) is 4.83 Å². The van der Waals surface area contributed by atoms with Gasteiger partial charge in [-0.05, 0) is 11.9 Å². The van der Waals surface area contributed by atoms with Crippen molar-refractivity contribution in [1.29, 1.82) is 0 Å². The molecule has 1 saturated heterocycles. The summed E-state index contributed by atoms with van der Waals surface area (Å²) >= 11 is 7.27. The molecule has 1 heterocycles. The molecule has 2 unspecified atom stereocenters. The summed E-state index contributed by atoms with van der Waals surface area (Å²) in [5.41, 5.74) is 0. The van der Waals surface area contributed by atoms with E-state index in [1.165, 1.54) is 5.01 Å². The molecule has 1 aliphatic heterocycles. The van der Waals surface area contributed by atoms with Crippen LogP contribution in [-0.2, 0) is 0 Å². The predicted molar refractivity (Wildman–Crippen MR) is 32.1 cm³/mol. The maximum absolute atomic E-state index is 5.69. The number of rotatable bonds is 0. The average Bonchev–Trinajstić information content (AvgIpc) is 1.87. The van der Waals surface area contributed by atoms with E-state index in [1.54, 1.807) is 11.9 Å². The normalized spacial score (nSPS) is 42.0. The summed E-state index contributed by atoms with van der Waals surface area (Å²) in [6.07, 6.45) is 0. The van der Waals surface area contributed by atoms with Gasteiger partial charge in [-0.3, -0.25) is 0 Å². The van der Waals surface area contributed by atoms with Gasteiger partial charge in [-0.2, -0.15) is 0 Å². The van der Waals surface area contributed by atoms with Crippen LogP contribution in [0.4, 0.5) is 0 Å². The van der Waals surface area contributed by atoms with Crippen LogP contribution in [0.3, 0.4) is 0 Å². The minimum Gasteiger partial charge on any atom is -0.248 e. The first-order chi connectivity index (χ1) is 3.29. The Morgan fingerprint density at radius 3 is 2.86 bits per heavy atom. The molecule has 0 bridgehead atoms. The molecule has 0 radical (unpaired) electrons.